The minimum Gasteiger partial charge on any atom is -0.489 e. The molecule has 0 aliphatic carbocycles. The molecule has 0 aliphatic rings. The Balaban J connectivity index is 1.52. The van der Waals surface area contributed by atoms with Crippen molar-refractivity contribution in [3.63, 3.8) is 0 Å². The van der Waals surface area contributed by atoms with Crippen molar-refractivity contribution >= 4 is 34.3 Å². The molecule has 24 heavy (non-hydrogen) atoms. The Morgan fingerprint density at radius 2 is 1.92 bits per heavy atom. The molecule has 3 aromatic rings. The standard InChI is InChI=1S/C18H16ClN3OS/c1-13-12-24-18(21-13)22-20-10-14-4-8-17(9-5-14)23-11-15-2-6-16(19)7-3-15/h2-10,12H,11H2,1H3,(H,21,22)/b20-10-. The Hall–Kier alpha value is -2.37. The molecule has 6 heteroatoms. The quantitative estimate of drug-likeness (QED) is 0.491. The first-order chi connectivity index (χ1) is 11.7. The molecule has 0 saturated heterocycles. The van der Waals surface area contributed by atoms with Gasteiger partial charge < -0.3 is 4.74 Å². The molecule has 122 valence electrons. The number of anilines is 1. The first-order valence-electron chi connectivity index (χ1n) is 7.37. The third-order valence-electron chi connectivity index (χ3n) is 3.19. The minimum absolute atomic E-state index is 0.509. The van der Waals surface area contributed by atoms with Gasteiger partial charge in [-0.15, -0.1) is 11.3 Å². The second kappa shape index (κ2) is 7.95. The van der Waals surface area contributed by atoms with Gasteiger partial charge in [-0.2, -0.15) is 5.10 Å². The fraction of sp³-hybridized carbons (Fsp3) is 0.111. The summed E-state index contributed by atoms with van der Waals surface area (Å²) in [4.78, 5) is 4.28. The van der Waals surface area contributed by atoms with Crippen LogP contribution in [0.15, 0.2) is 59.0 Å². The van der Waals surface area contributed by atoms with Gasteiger partial charge in [0.2, 0.25) is 5.13 Å². The van der Waals surface area contributed by atoms with Crippen molar-refractivity contribution in [3.05, 3.63) is 75.8 Å². The summed E-state index contributed by atoms with van der Waals surface area (Å²) in [6, 6.07) is 15.4. The minimum atomic E-state index is 0.509. The number of nitrogens with one attached hydrogen (secondary N) is 1. The van der Waals surface area contributed by atoms with Crippen molar-refractivity contribution in [1.29, 1.82) is 0 Å². The fourth-order valence-corrected chi connectivity index (χ4v) is 2.73. The second-order valence-electron chi connectivity index (χ2n) is 5.15. The number of nitrogens with zero attached hydrogens (tertiary/aromatic N) is 2. The van der Waals surface area contributed by atoms with E-state index in [0.29, 0.717) is 6.61 Å². The fourth-order valence-electron chi connectivity index (χ4n) is 1.96. The molecule has 0 unspecified atom stereocenters. The lowest BCUT2D eigenvalue weighted by Gasteiger charge is -2.06. The van der Waals surface area contributed by atoms with Crippen molar-refractivity contribution in [3.8, 4) is 5.75 Å². The third kappa shape index (κ3) is 4.81. The first kappa shape index (κ1) is 16.5. The van der Waals surface area contributed by atoms with Gasteiger partial charge in [0.1, 0.15) is 12.4 Å². The number of halogens is 1. The van der Waals surface area contributed by atoms with Crippen LogP contribution in [0.4, 0.5) is 5.13 Å². The Morgan fingerprint density at radius 1 is 1.17 bits per heavy atom. The Labute approximate surface area is 149 Å². The smallest absolute Gasteiger partial charge is 0.203 e. The monoisotopic (exact) mass is 357 g/mol. The van der Waals surface area contributed by atoms with E-state index in [1.54, 1.807) is 6.21 Å². The number of hydrogen-bond acceptors (Lipinski definition) is 5. The molecular formula is C18H16ClN3OS. The van der Waals surface area contributed by atoms with Gasteiger partial charge in [-0.05, 0) is 54.4 Å². The van der Waals surface area contributed by atoms with E-state index in [9.17, 15) is 0 Å². The van der Waals surface area contributed by atoms with E-state index < -0.39 is 0 Å². The van der Waals surface area contributed by atoms with E-state index in [4.69, 9.17) is 16.3 Å². The van der Waals surface area contributed by atoms with Gasteiger partial charge in [-0.1, -0.05) is 23.7 Å². The van der Waals surface area contributed by atoms with Crippen LogP contribution in [-0.4, -0.2) is 11.2 Å². The lowest BCUT2D eigenvalue weighted by atomic mass is 10.2. The zero-order valence-electron chi connectivity index (χ0n) is 13.1. The largest absolute Gasteiger partial charge is 0.489 e. The lowest BCUT2D eigenvalue weighted by Crippen LogP contribution is -1.95. The molecule has 0 radical (unpaired) electrons. The van der Waals surface area contributed by atoms with E-state index in [1.807, 2.05) is 60.8 Å². The molecule has 1 heterocycles. The topological polar surface area (TPSA) is 46.5 Å². The summed E-state index contributed by atoms with van der Waals surface area (Å²) in [5.74, 6) is 0.811. The molecule has 0 fully saturated rings. The van der Waals surface area contributed by atoms with Crippen molar-refractivity contribution in [2.45, 2.75) is 13.5 Å². The SMILES string of the molecule is Cc1csc(N/N=C\c2ccc(OCc3ccc(Cl)cc3)cc2)n1. The molecule has 0 amide bonds. The summed E-state index contributed by atoms with van der Waals surface area (Å²) in [6.45, 7) is 2.46. The van der Waals surface area contributed by atoms with Crippen molar-refractivity contribution in [2.75, 3.05) is 5.43 Å². The third-order valence-corrected chi connectivity index (χ3v) is 4.31. The normalized spacial score (nSPS) is 10.9. The number of rotatable bonds is 6. The van der Waals surface area contributed by atoms with Gasteiger partial charge in [0, 0.05) is 10.4 Å². The van der Waals surface area contributed by atoms with E-state index in [0.717, 1.165) is 32.7 Å². The maximum absolute atomic E-state index is 5.87. The highest BCUT2D eigenvalue weighted by Crippen LogP contribution is 2.16. The molecule has 4 nitrogen and oxygen atoms in total. The number of aryl methyl sites for hydroxylation is 1. The molecule has 0 spiro atoms. The molecule has 3 rings (SSSR count). The zero-order valence-corrected chi connectivity index (χ0v) is 14.6. The van der Waals surface area contributed by atoms with Crippen LogP contribution in [0.25, 0.3) is 0 Å². The van der Waals surface area contributed by atoms with E-state index in [-0.39, 0.29) is 0 Å². The van der Waals surface area contributed by atoms with Crippen LogP contribution in [0.3, 0.4) is 0 Å². The lowest BCUT2D eigenvalue weighted by molar-refractivity contribution is 0.306. The summed E-state index contributed by atoms with van der Waals surface area (Å²) < 4.78 is 5.75. The second-order valence-corrected chi connectivity index (χ2v) is 6.44. The van der Waals surface area contributed by atoms with Crippen LogP contribution in [0.2, 0.25) is 5.02 Å². The van der Waals surface area contributed by atoms with E-state index >= 15 is 0 Å². The average Bonchev–Trinajstić information content (AvgIpc) is 3.01. The van der Waals surface area contributed by atoms with Crippen LogP contribution in [0.5, 0.6) is 5.75 Å². The molecule has 0 saturated carbocycles. The van der Waals surface area contributed by atoms with Crippen LogP contribution in [0, 0.1) is 6.92 Å². The number of hydrogen-bond donors (Lipinski definition) is 1. The van der Waals surface area contributed by atoms with Gasteiger partial charge in [-0.3, -0.25) is 5.43 Å². The maximum Gasteiger partial charge on any atom is 0.203 e. The van der Waals surface area contributed by atoms with Crippen molar-refractivity contribution in [1.82, 2.24) is 4.98 Å². The molecule has 0 aliphatic heterocycles. The number of ether oxygens (including phenoxy) is 1. The van der Waals surface area contributed by atoms with E-state index in [2.05, 4.69) is 15.5 Å². The van der Waals surface area contributed by atoms with Crippen molar-refractivity contribution in [2.24, 2.45) is 5.10 Å². The van der Waals surface area contributed by atoms with Crippen LogP contribution < -0.4 is 10.2 Å². The molecule has 2 aromatic carbocycles. The van der Waals surface area contributed by atoms with Gasteiger partial charge >= 0.3 is 0 Å². The first-order valence-corrected chi connectivity index (χ1v) is 8.63. The summed E-state index contributed by atoms with van der Waals surface area (Å²) in [6.07, 6.45) is 1.75. The summed E-state index contributed by atoms with van der Waals surface area (Å²) in [5.41, 5.74) is 5.96. The predicted molar refractivity (Wildman–Crippen MR) is 100 cm³/mol. The highest BCUT2D eigenvalue weighted by Gasteiger charge is 1.98. The van der Waals surface area contributed by atoms with Gasteiger partial charge in [0.05, 0.1) is 11.9 Å². The van der Waals surface area contributed by atoms with Crippen molar-refractivity contribution < 1.29 is 4.74 Å². The van der Waals surface area contributed by atoms with Gasteiger partial charge in [0.15, 0.2) is 0 Å². The number of benzene rings is 2. The molecule has 1 aromatic heterocycles. The Bertz CT molecular complexity index is 813. The van der Waals surface area contributed by atoms with Crippen LogP contribution in [-0.2, 0) is 6.61 Å². The van der Waals surface area contributed by atoms with Crippen LogP contribution in [0.1, 0.15) is 16.8 Å². The highest BCUT2D eigenvalue weighted by molar-refractivity contribution is 7.13. The van der Waals surface area contributed by atoms with Crippen LogP contribution >= 0.6 is 22.9 Å². The molecular weight excluding hydrogens is 342 g/mol. The van der Waals surface area contributed by atoms with Gasteiger partial charge in [-0.25, -0.2) is 4.98 Å². The number of hydrazone groups is 1. The summed E-state index contributed by atoms with van der Waals surface area (Å²) in [7, 11) is 0. The molecule has 1 N–H and O–H groups in total. The summed E-state index contributed by atoms with van der Waals surface area (Å²) in [5, 5.41) is 7.66. The molecule has 0 bridgehead atoms. The highest BCUT2D eigenvalue weighted by atomic mass is 35.5. The molecule has 0 atom stereocenters. The van der Waals surface area contributed by atoms with Gasteiger partial charge in [0.25, 0.3) is 0 Å². The number of aromatic nitrogens is 1. The average molecular weight is 358 g/mol. The maximum atomic E-state index is 5.87. The zero-order chi connectivity index (χ0) is 16.8. The summed E-state index contributed by atoms with van der Waals surface area (Å²) >= 11 is 7.39. The van der Waals surface area contributed by atoms with E-state index in [1.165, 1.54) is 11.3 Å². The number of thiazole rings is 1. The predicted octanol–water partition coefficient (Wildman–Crippen LogP) is 5.13. The Morgan fingerprint density at radius 3 is 2.58 bits per heavy atom. The Kier molecular flexibility index (Phi) is 5.46.